The molecule has 2 aromatic carbocycles. The summed E-state index contributed by atoms with van der Waals surface area (Å²) in [6.07, 6.45) is 3.73. The van der Waals surface area contributed by atoms with Crippen LogP contribution in [0.2, 0.25) is 0 Å². The van der Waals surface area contributed by atoms with Gasteiger partial charge in [0.2, 0.25) is 5.88 Å². The van der Waals surface area contributed by atoms with Gasteiger partial charge in [0.15, 0.2) is 11.6 Å². The Labute approximate surface area is 199 Å². The summed E-state index contributed by atoms with van der Waals surface area (Å²) in [7, 11) is 1.57. The molecule has 0 saturated heterocycles. The van der Waals surface area contributed by atoms with Crippen molar-refractivity contribution in [1.82, 2.24) is 14.5 Å². The Bertz CT molecular complexity index is 1610. The van der Waals surface area contributed by atoms with Gasteiger partial charge in [0.05, 0.1) is 46.6 Å². The summed E-state index contributed by atoms with van der Waals surface area (Å²) in [6, 6.07) is 19.3. The van der Waals surface area contributed by atoms with Crippen LogP contribution in [-0.4, -0.2) is 27.7 Å². The molecule has 2 heterocycles. The average Bonchev–Trinajstić information content (AvgIpc) is 3.69. The number of rotatable bonds is 5. The molecule has 1 fully saturated rings. The van der Waals surface area contributed by atoms with E-state index in [1.807, 2.05) is 53.1 Å². The van der Waals surface area contributed by atoms with Gasteiger partial charge < -0.3 is 14.6 Å². The third-order valence-electron chi connectivity index (χ3n) is 5.96. The molecule has 8 heteroatoms. The van der Waals surface area contributed by atoms with E-state index in [0.29, 0.717) is 22.9 Å². The highest BCUT2D eigenvalue weighted by Gasteiger charge is 2.22. The van der Waals surface area contributed by atoms with Crippen LogP contribution in [0.5, 0.6) is 5.88 Å². The quantitative estimate of drug-likeness (QED) is 0.340. The summed E-state index contributed by atoms with van der Waals surface area (Å²) in [5, 5.41) is 4.15. The molecule has 1 saturated carbocycles. The number of nitrogens with one attached hydrogen (secondary N) is 1. The maximum Gasteiger partial charge on any atom is 0.237 e. The number of hydrogen-bond acceptors (Lipinski definition) is 5. The third-order valence-corrected chi connectivity index (χ3v) is 5.96. The minimum atomic E-state index is -0.908. The zero-order valence-electron chi connectivity index (χ0n) is 18.9. The highest BCUT2D eigenvalue weighted by Crippen LogP contribution is 2.32. The number of anilines is 2. The van der Waals surface area contributed by atoms with Gasteiger partial charge in [-0.1, -0.05) is 12.1 Å². The lowest BCUT2D eigenvalue weighted by Crippen LogP contribution is -2.16. The summed E-state index contributed by atoms with van der Waals surface area (Å²) >= 11 is 0. The van der Waals surface area contributed by atoms with Gasteiger partial charge >= 0.3 is 0 Å². The number of nitrogens with zero attached hydrogens (tertiary/aromatic N) is 4. The van der Waals surface area contributed by atoms with Crippen LogP contribution in [0.15, 0.2) is 77.9 Å². The second-order valence-electron chi connectivity index (χ2n) is 8.44. The number of fused-ring (bicyclic) bond motifs is 2. The van der Waals surface area contributed by atoms with Crippen LogP contribution in [0.25, 0.3) is 28.1 Å². The van der Waals surface area contributed by atoms with Crippen molar-refractivity contribution in [2.75, 3.05) is 12.4 Å². The van der Waals surface area contributed by atoms with Crippen molar-refractivity contribution in [2.45, 2.75) is 18.9 Å². The Kier molecular flexibility index (Phi) is 5.13. The van der Waals surface area contributed by atoms with E-state index in [-0.39, 0.29) is 6.04 Å². The monoisotopic (exact) mass is 469 g/mol. The highest BCUT2D eigenvalue weighted by molar-refractivity contribution is 5.84. The first-order valence-corrected chi connectivity index (χ1v) is 11.3. The molecule has 0 amide bonds. The normalized spacial score (nSPS) is 14.0. The second kappa shape index (κ2) is 8.47. The number of hydrogen-bond donors (Lipinski definition) is 1. The van der Waals surface area contributed by atoms with Crippen LogP contribution in [0, 0.1) is 11.6 Å². The predicted molar refractivity (Wildman–Crippen MR) is 130 cm³/mol. The molecule has 1 aromatic heterocycles. The van der Waals surface area contributed by atoms with Gasteiger partial charge in [-0.2, -0.15) is 0 Å². The van der Waals surface area contributed by atoms with Gasteiger partial charge in [0.1, 0.15) is 5.69 Å². The Balaban J connectivity index is 1.64. The molecular weight excluding hydrogens is 448 g/mol. The lowest BCUT2D eigenvalue weighted by atomic mass is 10.1. The van der Waals surface area contributed by atoms with Crippen molar-refractivity contribution < 1.29 is 13.5 Å². The lowest BCUT2D eigenvalue weighted by molar-refractivity contribution is 0.400. The van der Waals surface area contributed by atoms with E-state index >= 15 is 0 Å². The number of benzene rings is 3. The molecule has 1 N–H and O–H groups in total. The zero-order chi connectivity index (χ0) is 23.9. The van der Waals surface area contributed by atoms with Crippen LogP contribution < -0.4 is 15.4 Å². The van der Waals surface area contributed by atoms with E-state index in [2.05, 4.69) is 10.3 Å². The fraction of sp³-hybridized carbons (Fsp3) is 0.148. The van der Waals surface area contributed by atoms with Crippen LogP contribution in [0.1, 0.15) is 12.8 Å². The molecule has 35 heavy (non-hydrogen) atoms. The van der Waals surface area contributed by atoms with Crippen molar-refractivity contribution in [3.8, 4) is 23.0 Å². The smallest absolute Gasteiger partial charge is 0.237 e. The molecule has 0 radical (unpaired) electrons. The topological polar surface area (TPSA) is 64.3 Å². The van der Waals surface area contributed by atoms with Gasteiger partial charge in [-0.25, -0.2) is 18.7 Å². The number of methoxy groups -OCH3 is 1. The third kappa shape index (κ3) is 3.97. The van der Waals surface area contributed by atoms with Gasteiger partial charge in [-0.05, 0) is 61.4 Å². The molecular formula is C27H21F2N5O. The van der Waals surface area contributed by atoms with Crippen LogP contribution in [0.4, 0.5) is 20.2 Å². The number of aromatic nitrogens is 3. The van der Waals surface area contributed by atoms with Crippen molar-refractivity contribution >= 4 is 22.4 Å². The first kappa shape index (κ1) is 21.2. The largest absolute Gasteiger partial charge is 0.480 e. The van der Waals surface area contributed by atoms with Gasteiger partial charge in [-0.3, -0.25) is 4.99 Å². The number of halogens is 2. The molecule has 0 spiro atoms. The summed E-state index contributed by atoms with van der Waals surface area (Å²) < 4.78 is 35.3. The molecule has 0 unspecified atom stereocenters. The number of pyridine rings is 1. The fourth-order valence-electron chi connectivity index (χ4n) is 4.15. The molecule has 6 nitrogen and oxygen atoms in total. The predicted octanol–water partition coefficient (Wildman–Crippen LogP) is 5.62. The maximum atomic E-state index is 14.3. The second-order valence-corrected chi connectivity index (χ2v) is 8.44. The SMILES string of the molecule is COc1ncccc1Nc1cc2nc3ccccc3n(-c3ccc(F)c(F)c3)c-2cc1=NC1CC1. The average molecular weight is 469 g/mol. The Morgan fingerprint density at radius 1 is 0.971 bits per heavy atom. The van der Waals surface area contributed by atoms with Crippen LogP contribution >= 0.6 is 0 Å². The lowest BCUT2D eigenvalue weighted by Gasteiger charge is -2.20. The standard InChI is InChI=1S/C27H21F2N5O/c1-35-27-21(6-4-12-30-27)33-22-14-24-26(15-23(22)31-16-8-9-16)34(17-10-11-18(28)19(29)13-17)25-7-3-2-5-20(25)32-24/h2-7,10-16,33H,8-9H2,1H3. The highest BCUT2D eigenvalue weighted by atomic mass is 19.2. The molecule has 0 atom stereocenters. The van der Waals surface area contributed by atoms with E-state index in [0.717, 1.165) is 46.7 Å². The fourth-order valence-corrected chi connectivity index (χ4v) is 4.15. The molecule has 3 aliphatic rings. The van der Waals surface area contributed by atoms with E-state index in [1.165, 1.54) is 6.07 Å². The molecule has 1 aliphatic heterocycles. The van der Waals surface area contributed by atoms with E-state index in [4.69, 9.17) is 14.7 Å². The minimum Gasteiger partial charge on any atom is -0.480 e. The van der Waals surface area contributed by atoms with Crippen molar-refractivity contribution in [3.63, 3.8) is 0 Å². The van der Waals surface area contributed by atoms with Gasteiger partial charge in [-0.15, -0.1) is 0 Å². The first-order valence-electron chi connectivity index (χ1n) is 11.3. The molecule has 0 bridgehead atoms. The summed E-state index contributed by atoms with van der Waals surface area (Å²) in [5.41, 5.74) is 4.87. The molecule has 3 aromatic rings. The minimum absolute atomic E-state index is 0.258. The number of ether oxygens (including phenoxy) is 1. The molecule has 174 valence electrons. The maximum absolute atomic E-state index is 14.3. The first-order chi connectivity index (χ1) is 17.1. The molecule has 6 rings (SSSR count). The Morgan fingerprint density at radius 2 is 1.83 bits per heavy atom. The molecule has 2 aliphatic carbocycles. The van der Waals surface area contributed by atoms with Gasteiger partial charge in [0, 0.05) is 18.0 Å². The van der Waals surface area contributed by atoms with Crippen molar-refractivity contribution in [2.24, 2.45) is 4.99 Å². The summed E-state index contributed by atoms with van der Waals surface area (Å²) in [5.74, 6) is -1.33. The van der Waals surface area contributed by atoms with E-state index < -0.39 is 11.6 Å². The van der Waals surface area contributed by atoms with Crippen LogP contribution in [-0.2, 0) is 0 Å². The summed E-state index contributed by atoms with van der Waals surface area (Å²) in [6.45, 7) is 0. The van der Waals surface area contributed by atoms with Crippen LogP contribution in [0.3, 0.4) is 0 Å². The summed E-state index contributed by atoms with van der Waals surface area (Å²) in [4.78, 5) is 14.1. The van der Waals surface area contributed by atoms with Crippen molar-refractivity contribution in [1.29, 1.82) is 0 Å². The Hall–Kier alpha value is -4.33. The zero-order valence-corrected chi connectivity index (χ0v) is 18.9. The number of para-hydroxylation sites is 2. The van der Waals surface area contributed by atoms with Gasteiger partial charge in [0.25, 0.3) is 0 Å². The van der Waals surface area contributed by atoms with Crippen molar-refractivity contribution in [3.05, 3.63) is 89.9 Å². The van der Waals surface area contributed by atoms with E-state index in [1.54, 1.807) is 19.4 Å². The van der Waals surface area contributed by atoms with E-state index in [9.17, 15) is 8.78 Å². The Morgan fingerprint density at radius 3 is 2.63 bits per heavy atom.